The van der Waals surface area contributed by atoms with Crippen LogP contribution in [0.5, 0.6) is 0 Å². The summed E-state index contributed by atoms with van der Waals surface area (Å²) in [6.45, 7) is 5.39. The predicted octanol–water partition coefficient (Wildman–Crippen LogP) is 0.165. The molecule has 156 valence electrons. The first-order chi connectivity index (χ1) is 14.0. The maximum atomic E-state index is 13.4. The Morgan fingerprint density at radius 1 is 1.03 bits per heavy atom. The molecule has 8 heteroatoms. The van der Waals surface area contributed by atoms with Crippen molar-refractivity contribution in [3.63, 3.8) is 0 Å². The van der Waals surface area contributed by atoms with Gasteiger partial charge in [-0.2, -0.15) is 0 Å². The second kappa shape index (κ2) is 8.12. The van der Waals surface area contributed by atoms with Crippen molar-refractivity contribution in [2.45, 2.75) is 19.4 Å². The number of hydrogen-bond acceptors (Lipinski definition) is 5. The van der Waals surface area contributed by atoms with Crippen molar-refractivity contribution in [1.29, 1.82) is 0 Å². The minimum Gasteiger partial charge on any atom is -0.339 e. The molecular formula is C21H29N5O3. The number of rotatable bonds is 3. The Hall–Kier alpha value is -2.45. The molecule has 0 saturated carbocycles. The monoisotopic (exact) mass is 399 g/mol. The molecule has 8 nitrogen and oxygen atoms in total. The zero-order chi connectivity index (χ0) is 20.5. The Balaban J connectivity index is 1.48. The highest BCUT2D eigenvalue weighted by molar-refractivity contribution is 5.98. The van der Waals surface area contributed by atoms with Crippen LogP contribution in [0.25, 0.3) is 0 Å². The van der Waals surface area contributed by atoms with Crippen LogP contribution >= 0.6 is 0 Å². The van der Waals surface area contributed by atoms with Crippen LogP contribution < -0.4 is 10.4 Å². The van der Waals surface area contributed by atoms with Crippen LogP contribution in [-0.2, 0) is 14.4 Å². The molecule has 1 aromatic carbocycles. The van der Waals surface area contributed by atoms with E-state index in [1.165, 1.54) is 0 Å². The van der Waals surface area contributed by atoms with Gasteiger partial charge in [0.05, 0.1) is 23.6 Å². The fourth-order valence-electron chi connectivity index (χ4n) is 4.69. The highest BCUT2D eigenvalue weighted by Crippen LogP contribution is 2.32. The van der Waals surface area contributed by atoms with Crippen molar-refractivity contribution in [1.82, 2.24) is 20.1 Å². The third kappa shape index (κ3) is 3.74. The van der Waals surface area contributed by atoms with E-state index in [0.29, 0.717) is 45.7 Å². The van der Waals surface area contributed by atoms with E-state index < -0.39 is 0 Å². The van der Waals surface area contributed by atoms with E-state index in [-0.39, 0.29) is 35.6 Å². The molecule has 3 unspecified atom stereocenters. The molecule has 0 aromatic heterocycles. The first kappa shape index (κ1) is 19.8. The lowest BCUT2D eigenvalue weighted by Crippen LogP contribution is -2.59. The van der Waals surface area contributed by atoms with Crippen LogP contribution in [0.3, 0.4) is 0 Å². The van der Waals surface area contributed by atoms with Gasteiger partial charge in [-0.1, -0.05) is 25.1 Å². The summed E-state index contributed by atoms with van der Waals surface area (Å²) in [6, 6.07) is 9.30. The number of nitrogens with one attached hydrogen (secondary N) is 1. The molecule has 3 saturated heterocycles. The van der Waals surface area contributed by atoms with Crippen LogP contribution in [0.4, 0.5) is 5.69 Å². The van der Waals surface area contributed by atoms with Crippen molar-refractivity contribution < 1.29 is 14.4 Å². The molecule has 0 bridgehead atoms. The molecule has 4 rings (SSSR count). The SMILES string of the molecule is CCC(=O)N1CCN(C(=O)C2CN(C)CC3C(=O)N(c4ccccc4)NC23)CC1. The van der Waals surface area contributed by atoms with Crippen LogP contribution in [0.1, 0.15) is 13.3 Å². The number of hydrazine groups is 1. The summed E-state index contributed by atoms with van der Waals surface area (Å²) in [6.07, 6.45) is 0.493. The normalized spacial score (nSPS) is 27.9. The number of nitrogens with zero attached hydrogens (tertiary/aromatic N) is 4. The number of carbonyl (C=O) groups is 3. The van der Waals surface area contributed by atoms with Gasteiger partial charge in [-0.3, -0.25) is 14.4 Å². The van der Waals surface area contributed by atoms with Crippen LogP contribution in [0, 0.1) is 11.8 Å². The van der Waals surface area contributed by atoms with Gasteiger partial charge in [-0.25, -0.2) is 10.4 Å². The van der Waals surface area contributed by atoms with Crippen molar-refractivity contribution in [2.75, 3.05) is 51.3 Å². The zero-order valence-corrected chi connectivity index (χ0v) is 17.1. The number of likely N-dealkylation sites (tertiary alicyclic amines) is 1. The Kier molecular flexibility index (Phi) is 5.56. The highest BCUT2D eigenvalue weighted by atomic mass is 16.2. The summed E-state index contributed by atoms with van der Waals surface area (Å²) in [7, 11) is 1.97. The minimum atomic E-state index is -0.287. The quantitative estimate of drug-likeness (QED) is 0.784. The van der Waals surface area contributed by atoms with Crippen molar-refractivity contribution in [2.24, 2.45) is 11.8 Å². The molecule has 29 heavy (non-hydrogen) atoms. The lowest BCUT2D eigenvalue weighted by Gasteiger charge is -2.41. The third-order valence-corrected chi connectivity index (χ3v) is 6.28. The molecule has 0 aliphatic carbocycles. The Bertz CT molecular complexity index is 778. The Morgan fingerprint density at radius 2 is 1.69 bits per heavy atom. The largest absolute Gasteiger partial charge is 0.339 e. The summed E-state index contributed by atoms with van der Waals surface area (Å²) in [5.74, 6) is -0.305. The number of anilines is 1. The van der Waals surface area contributed by atoms with Gasteiger partial charge in [0.1, 0.15) is 0 Å². The number of fused-ring (bicyclic) bond motifs is 1. The molecule has 3 atom stereocenters. The van der Waals surface area contributed by atoms with Gasteiger partial charge in [0.15, 0.2) is 0 Å². The van der Waals surface area contributed by atoms with E-state index in [1.807, 2.05) is 54.1 Å². The van der Waals surface area contributed by atoms with Crippen LogP contribution in [0.2, 0.25) is 0 Å². The van der Waals surface area contributed by atoms with Gasteiger partial charge in [0.2, 0.25) is 17.7 Å². The second-order valence-corrected chi connectivity index (χ2v) is 8.16. The molecule has 1 aromatic rings. The van der Waals surface area contributed by atoms with Gasteiger partial charge >= 0.3 is 0 Å². The van der Waals surface area contributed by atoms with Crippen molar-refractivity contribution >= 4 is 23.4 Å². The molecule has 3 aliphatic heterocycles. The molecule has 3 heterocycles. The molecule has 0 radical (unpaired) electrons. The molecule has 3 aliphatic rings. The van der Waals surface area contributed by atoms with E-state index in [2.05, 4.69) is 10.3 Å². The maximum absolute atomic E-state index is 13.4. The topological polar surface area (TPSA) is 76.2 Å². The van der Waals surface area contributed by atoms with E-state index in [0.717, 1.165) is 5.69 Å². The van der Waals surface area contributed by atoms with Gasteiger partial charge in [0.25, 0.3) is 0 Å². The summed E-state index contributed by atoms with van der Waals surface area (Å²) in [5, 5.41) is 1.60. The Labute approximate surface area is 171 Å². The predicted molar refractivity (Wildman–Crippen MR) is 109 cm³/mol. The van der Waals surface area contributed by atoms with E-state index in [1.54, 1.807) is 5.01 Å². The van der Waals surface area contributed by atoms with Crippen molar-refractivity contribution in [3.8, 4) is 0 Å². The number of benzene rings is 1. The number of piperidine rings is 1. The van der Waals surface area contributed by atoms with Gasteiger partial charge in [0, 0.05) is 45.7 Å². The Morgan fingerprint density at radius 3 is 2.34 bits per heavy atom. The summed E-state index contributed by atoms with van der Waals surface area (Å²) >= 11 is 0. The summed E-state index contributed by atoms with van der Waals surface area (Å²) < 4.78 is 0. The first-order valence-corrected chi connectivity index (χ1v) is 10.4. The van der Waals surface area contributed by atoms with E-state index >= 15 is 0 Å². The molecule has 3 fully saturated rings. The number of piperazine rings is 1. The van der Waals surface area contributed by atoms with Gasteiger partial charge in [-0.15, -0.1) is 0 Å². The smallest absolute Gasteiger partial charge is 0.247 e. The molecular weight excluding hydrogens is 370 g/mol. The summed E-state index contributed by atoms with van der Waals surface area (Å²) in [4.78, 5) is 44.1. The number of carbonyl (C=O) groups excluding carboxylic acids is 3. The highest BCUT2D eigenvalue weighted by Gasteiger charge is 2.51. The fraction of sp³-hybridized carbons (Fsp3) is 0.571. The van der Waals surface area contributed by atoms with Crippen LogP contribution in [-0.4, -0.2) is 84.8 Å². The zero-order valence-electron chi connectivity index (χ0n) is 17.1. The minimum absolute atomic E-state index is 0.0175. The third-order valence-electron chi connectivity index (χ3n) is 6.28. The standard InChI is InChI=1S/C21H29N5O3/c1-3-18(27)24-9-11-25(12-10-24)20(28)16-13-23(2)14-17-19(16)22-26(21(17)29)15-7-5-4-6-8-15/h4-8,16-17,19,22H,3,9-14H2,1-2H3. The maximum Gasteiger partial charge on any atom is 0.247 e. The first-order valence-electron chi connectivity index (χ1n) is 10.4. The number of hydrogen-bond donors (Lipinski definition) is 1. The van der Waals surface area contributed by atoms with E-state index in [4.69, 9.17) is 0 Å². The lowest BCUT2D eigenvalue weighted by atomic mass is 9.84. The number of amides is 3. The molecule has 3 amide bonds. The lowest BCUT2D eigenvalue weighted by molar-refractivity contribution is -0.144. The average molecular weight is 399 g/mol. The van der Waals surface area contributed by atoms with Gasteiger partial charge in [-0.05, 0) is 19.2 Å². The van der Waals surface area contributed by atoms with E-state index in [9.17, 15) is 14.4 Å². The fourth-order valence-corrected chi connectivity index (χ4v) is 4.69. The molecule has 1 N–H and O–H groups in total. The average Bonchev–Trinajstić information content (AvgIpc) is 3.09. The summed E-state index contributed by atoms with van der Waals surface area (Å²) in [5.41, 5.74) is 4.13. The van der Waals surface area contributed by atoms with Gasteiger partial charge < -0.3 is 14.7 Å². The molecule has 0 spiro atoms. The van der Waals surface area contributed by atoms with Crippen LogP contribution in [0.15, 0.2) is 30.3 Å². The number of para-hydroxylation sites is 1. The van der Waals surface area contributed by atoms with Crippen molar-refractivity contribution in [3.05, 3.63) is 30.3 Å². The second-order valence-electron chi connectivity index (χ2n) is 8.16.